The second-order valence-electron chi connectivity index (χ2n) is 3.52. The number of aromatic nitrogens is 3. The summed E-state index contributed by atoms with van der Waals surface area (Å²) in [6, 6.07) is 5.57. The second-order valence-corrected chi connectivity index (χ2v) is 4.59. The molecule has 17 heavy (non-hydrogen) atoms. The minimum atomic E-state index is 0.120. The SMILES string of the molecule is Nc1ncc(-c2ccc3nncc(O)c3c2)s1. The number of aromatic hydroxyl groups is 1. The summed E-state index contributed by atoms with van der Waals surface area (Å²) in [4.78, 5) is 4.96. The van der Waals surface area contributed by atoms with Gasteiger partial charge in [-0.3, -0.25) is 0 Å². The van der Waals surface area contributed by atoms with Gasteiger partial charge in [-0.1, -0.05) is 17.4 Å². The molecule has 0 aliphatic rings. The summed E-state index contributed by atoms with van der Waals surface area (Å²) in [5.41, 5.74) is 7.21. The molecule has 2 heterocycles. The Labute approximate surface area is 101 Å². The molecule has 3 rings (SSSR count). The fourth-order valence-corrected chi connectivity index (χ4v) is 2.30. The van der Waals surface area contributed by atoms with Crippen LogP contribution in [0.3, 0.4) is 0 Å². The van der Waals surface area contributed by atoms with Gasteiger partial charge < -0.3 is 10.8 Å². The molecule has 5 nitrogen and oxygen atoms in total. The van der Waals surface area contributed by atoms with Gasteiger partial charge >= 0.3 is 0 Å². The quantitative estimate of drug-likeness (QED) is 0.684. The Hall–Kier alpha value is -2.21. The standard InChI is InChI=1S/C11H8N4OS/c12-11-13-5-10(17-11)6-1-2-8-7(3-6)9(16)4-14-15-8/h1-5H,(H2,12,13)(H,15,16). The number of anilines is 1. The maximum absolute atomic E-state index is 9.71. The van der Waals surface area contributed by atoms with Gasteiger partial charge in [-0.2, -0.15) is 10.2 Å². The van der Waals surface area contributed by atoms with Gasteiger partial charge in [-0.15, -0.1) is 0 Å². The lowest BCUT2D eigenvalue weighted by Crippen LogP contribution is -1.84. The Morgan fingerprint density at radius 2 is 2.12 bits per heavy atom. The number of hydrogen-bond donors (Lipinski definition) is 2. The van der Waals surface area contributed by atoms with Crippen LogP contribution in [0, 0.1) is 0 Å². The number of nitrogens with zero attached hydrogens (tertiary/aromatic N) is 3. The molecule has 84 valence electrons. The fourth-order valence-electron chi connectivity index (χ4n) is 1.62. The molecular formula is C11H8N4OS. The van der Waals surface area contributed by atoms with E-state index < -0.39 is 0 Å². The van der Waals surface area contributed by atoms with Crippen LogP contribution in [0.5, 0.6) is 5.75 Å². The molecule has 0 unspecified atom stereocenters. The monoisotopic (exact) mass is 244 g/mol. The molecule has 0 saturated heterocycles. The van der Waals surface area contributed by atoms with Crippen molar-refractivity contribution in [2.45, 2.75) is 0 Å². The molecule has 0 spiro atoms. The number of nitrogen functional groups attached to an aromatic ring is 1. The molecule has 0 fully saturated rings. The number of nitrogens with two attached hydrogens (primary N) is 1. The van der Waals surface area contributed by atoms with Crippen LogP contribution in [0.1, 0.15) is 0 Å². The van der Waals surface area contributed by atoms with Crippen LogP contribution >= 0.6 is 11.3 Å². The Kier molecular flexibility index (Phi) is 2.15. The predicted octanol–water partition coefficient (Wildman–Crippen LogP) is 2.04. The summed E-state index contributed by atoms with van der Waals surface area (Å²) in [5.74, 6) is 0.120. The van der Waals surface area contributed by atoms with Gasteiger partial charge in [-0.05, 0) is 17.7 Å². The van der Waals surface area contributed by atoms with E-state index >= 15 is 0 Å². The lowest BCUT2D eigenvalue weighted by atomic mass is 10.1. The van der Waals surface area contributed by atoms with Gasteiger partial charge in [-0.25, -0.2) is 4.98 Å². The Bertz CT molecular complexity index is 695. The molecule has 3 N–H and O–H groups in total. The van der Waals surface area contributed by atoms with Crippen LogP contribution < -0.4 is 5.73 Å². The van der Waals surface area contributed by atoms with Gasteiger partial charge in [0, 0.05) is 11.6 Å². The minimum absolute atomic E-state index is 0.120. The molecule has 1 aromatic carbocycles. The van der Waals surface area contributed by atoms with Crippen molar-refractivity contribution in [2.24, 2.45) is 0 Å². The maximum atomic E-state index is 9.71. The third kappa shape index (κ3) is 1.68. The van der Waals surface area contributed by atoms with Crippen molar-refractivity contribution in [1.82, 2.24) is 15.2 Å². The van der Waals surface area contributed by atoms with Crippen LogP contribution in [0.25, 0.3) is 21.3 Å². The lowest BCUT2D eigenvalue weighted by Gasteiger charge is -2.01. The number of thiazole rings is 1. The van der Waals surface area contributed by atoms with Crippen LogP contribution in [0.2, 0.25) is 0 Å². The van der Waals surface area contributed by atoms with Crippen molar-refractivity contribution in [3.8, 4) is 16.2 Å². The molecular weight excluding hydrogens is 236 g/mol. The number of rotatable bonds is 1. The Morgan fingerprint density at radius 3 is 2.88 bits per heavy atom. The van der Waals surface area contributed by atoms with Gasteiger partial charge in [0.25, 0.3) is 0 Å². The highest BCUT2D eigenvalue weighted by Gasteiger charge is 2.06. The first-order valence-corrected chi connectivity index (χ1v) is 5.72. The van der Waals surface area contributed by atoms with E-state index in [0.717, 1.165) is 10.4 Å². The van der Waals surface area contributed by atoms with Crippen molar-refractivity contribution < 1.29 is 5.11 Å². The molecule has 0 aliphatic carbocycles. The Balaban J connectivity index is 2.22. The zero-order valence-corrected chi connectivity index (χ0v) is 9.48. The van der Waals surface area contributed by atoms with Crippen molar-refractivity contribution in [3.05, 3.63) is 30.6 Å². The average Bonchev–Trinajstić information content (AvgIpc) is 2.76. The largest absolute Gasteiger partial charge is 0.506 e. The van der Waals surface area contributed by atoms with E-state index in [0.29, 0.717) is 16.0 Å². The molecule has 0 aliphatic heterocycles. The first-order chi connectivity index (χ1) is 8.24. The van der Waals surface area contributed by atoms with Crippen LogP contribution in [0.15, 0.2) is 30.6 Å². The van der Waals surface area contributed by atoms with E-state index in [2.05, 4.69) is 15.2 Å². The normalized spacial score (nSPS) is 10.8. The molecule has 0 radical (unpaired) electrons. The third-order valence-electron chi connectivity index (χ3n) is 2.43. The van der Waals surface area contributed by atoms with E-state index in [1.54, 1.807) is 6.20 Å². The van der Waals surface area contributed by atoms with Gasteiger partial charge in [0.15, 0.2) is 5.13 Å². The molecule has 3 aromatic rings. The molecule has 0 saturated carbocycles. The van der Waals surface area contributed by atoms with Crippen LogP contribution in [-0.2, 0) is 0 Å². The lowest BCUT2D eigenvalue weighted by molar-refractivity contribution is 0.478. The van der Waals surface area contributed by atoms with Crippen LogP contribution in [-0.4, -0.2) is 20.3 Å². The summed E-state index contributed by atoms with van der Waals surface area (Å²) in [5, 5.41) is 18.5. The highest BCUT2D eigenvalue weighted by molar-refractivity contribution is 7.18. The minimum Gasteiger partial charge on any atom is -0.506 e. The average molecular weight is 244 g/mol. The van der Waals surface area contributed by atoms with E-state index in [1.165, 1.54) is 17.5 Å². The summed E-state index contributed by atoms with van der Waals surface area (Å²) in [7, 11) is 0. The first kappa shape index (κ1) is 9.98. The third-order valence-corrected chi connectivity index (χ3v) is 3.30. The number of hydrogen-bond acceptors (Lipinski definition) is 6. The van der Waals surface area contributed by atoms with Gasteiger partial charge in [0.05, 0.1) is 16.6 Å². The Morgan fingerprint density at radius 1 is 1.24 bits per heavy atom. The van der Waals surface area contributed by atoms with Gasteiger partial charge in [0.1, 0.15) is 5.75 Å². The zero-order valence-electron chi connectivity index (χ0n) is 8.66. The summed E-state index contributed by atoms with van der Waals surface area (Å²) >= 11 is 1.40. The highest BCUT2D eigenvalue weighted by atomic mass is 32.1. The van der Waals surface area contributed by atoms with Crippen molar-refractivity contribution in [2.75, 3.05) is 5.73 Å². The van der Waals surface area contributed by atoms with E-state index in [-0.39, 0.29) is 5.75 Å². The fraction of sp³-hybridized carbons (Fsp3) is 0. The van der Waals surface area contributed by atoms with Crippen molar-refractivity contribution >= 4 is 27.4 Å². The van der Waals surface area contributed by atoms with E-state index in [1.807, 2.05) is 18.2 Å². The summed E-state index contributed by atoms with van der Waals surface area (Å²) in [6.45, 7) is 0. The topological polar surface area (TPSA) is 84.9 Å². The van der Waals surface area contributed by atoms with E-state index in [4.69, 9.17) is 5.73 Å². The smallest absolute Gasteiger partial charge is 0.180 e. The predicted molar refractivity (Wildman–Crippen MR) is 66.7 cm³/mol. The molecule has 0 atom stereocenters. The summed E-state index contributed by atoms with van der Waals surface area (Å²) < 4.78 is 0. The first-order valence-electron chi connectivity index (χ1n) is 4.90. The molecule has 0 amide bonds. The number of fused-ring (bicyclic) bond motifs is 1. The second kappa shape index (κ2) is 3.67. The number of benzene rings is 1. The molecule has 0 bridgehead atoms. The van der Waals surface area contributed by atoms with Crippen LogP contribution in [0.4, 0.5) is 5.13 Å². The summed E-state index contributed by atoms with van der Waals surface area (Å²) in [6.07, 6.45) is 3.04. The zero-order chi connectivity index (χ0) is 11.8. The molecule has 6 heteroatoms. The van der Waals surface area contributed by atoms with Gasteiger partial charge in [0.2, 0.25) is 0 Å². The molecule has 2 aromatic heterocycles. The van der Waals surface area contributed by atoms with Crippen molar-refractivity contribution in [3.63, 3.8) is 0 Å². The maximum Gasteiger partial charge on any atom is 0.180 e. The van der Waals surface area contributed by atoms with Crippen molar-refractivity contribution in [1.29, 1.82) is 0 Å². The van der Waals surface area contributed by atoms with E-state index in [9.17, 15) is 5.11 Å². The highest BCUT2D eigenvalue weighted by Crippen LogP contribution is 2.31.